The van der Waals surface area contributed by atoms with Gasteiger partial charge in [-0.2, -0.15) is 0 Å². The number of unbranched alkanes of at least 4 members (excludes halogenated alkanes) is 6. The second-order valence-corrected chi connectivity index (χ2v) is 16.9. The number of carbonyl (C=O) groups excluding carboxylic acids is 7. The maximum absolute atomic E-state index is 14.0. The largest absolute Gasteiger partial charge is 0.466 e. The average molecular weight is 903 g/mol. The SMILES string of the molecule is CCC(=O)CCCCC(=O)N1Cc2ccccc2-c2nnn(CCCCC(NC(=O)c3ccc(NC(=O)CC)cc3)C(=O)CCCCCCCOC(=O)CCC(=O)CC)c2-c2ccccc21. The van der Waals surface area contributed by atoms with E-state index in [2.05, 4.69) is 15.8 Å². The van der Waals surface area contributed by atoms with Gasteiger partial charge in [0.05, 0.1) is 37.0 Å². The summed E-state index contributed by atoms with van der Waals surface area (Å²) in [5, 5.41) is 15.1. The number of esters is 1. The highest BCUT2D eigenvalue weighted by atomic mass is 16.5. The molecule has 0 aliphatic carbocycles. The number of para-hydroxylation sites is 1. The van der Waals surface area contributed by atoms with Crippen molar-refractivity contribution in [2.24, 2.45) is 0 Å². The van der Waals surface area contributed by atoms with Crippen molar-refractivity contribution in [3.05, 3.63) is 83.9 Å². The Morgan fingerprint density at radius 1 is 0.667 bits per heavy atom. The molecule has 5 rings (SSSR count). The molecule has 0 spiro atoms. The number of ether oxygens (including phenoxy) is 1. The number of aryl methyl sites for hydroxylation is 1. The van der Waals surface area contributed by atoms with Crippen molar-refractivity contribution in [2.45, 2.75) is 155 Å². The fourth-order valence-electron chi connectivity index (χ4n) is 8.01. The van der Waals surface area contributed by atoms with E-state index in [1.165, 1.54) is 0 Å². The van der Waals surface area contributed by atoms with Crippen molar-refractivity contribution in [3.63, 3.8) is 0 Å². The molecule has 1 unspecified atom stereocenters. The molecular formula is C52H66N6O8. The van der Waals surface area contributed by atoms with Crippen LogP contribution in [-0.2, 0) is 46.6 Å². The van der Waals surface area contributed by atoms with Crippen molar-refractivity contribution >= 4 is 52.4 Å². The van der Waals surface area contributed by atoms with Gasteiger partial charge in [-0.15, -0.1) is 5.10 Å². The topological polar surface area (TPSA) is 187 Å². The number of amides is 3. The lowest BCUT2D eigenvalue weighted by molar-refractivity contribution is -0.145. The summed E-state index contributed by atoms with van der Waals surface area (Å²) in [6.07, 6.45) is 9.43. The summed E-state index contributed by atoms with van der Waals surface area (Å²) in [4.78, 5) is 90.3. The molecule has 1 atom stereocenters. The second kappa shape index (κ2) is 26.6. The smallest absolute Gasteiger partial charge is 0.306 e. The van der Waals surface area contributed by atoms with Gasteiger partial charge in [-0.25, -0.2) is 4.68 Å². The summed E-state index contributed by atoms with van der Waals surface area (Å²) in [5.41, 5.74) is 5.92. The highest BCUT2D eigenvalue weighted by molar-refractivity contribution is 6.01. The van der Waals surface area contributed by atoms with E-state index in [1.807, 2.05) is 65.0 Å². The Morgan fingerprint density at radius 3 is 2.09 bits per heavy atom. The van der Waals surface area contributed by atoms with Crippen LogP contribution in [0.25, 0.3) is 22.5 Å². The van der Waals surface area contributed by atoms with Crippen molar-refractivity contribution in [1.82, 2.24) is 20.3 Å². The minimum absolute atomic E-state index is 0.0168. The molecule has 0 saturated heterocycles. The molecule has 3 aromatic carbocycles. The molecule has 0 radical (unpaired) electrons. The van der Waals surface area contributed by atoms with E-state index in [0.717, 1.165) is 53.0 Å². The van der Waals surface area contributed by atoms with Crippen molar-refractivity contribution in [2.75, 3.05) is 16.8 Å². The molecular weight excluding hydrogens is 837 g/mol. The van der Waals surface area contributed by atoms with Gasteiger partial charge in [0.25, 0.3) is 5.91 Å². The van der Waals surface area contributed by atoms with E-state index in [9.17, 15) is 33.6 Å². The molecule has 1 aliphatic rings. The van der Waals surface area contributed by atoms with E-state index in [0.29, 0.717) is 114 Å². The fraction of sp³-hybridized carbons (Fsp3) is 0.481. The summed E-state index contributed by atoms with van der Waals surface area (Å²) < 4.78 is 7.13. The van der Waals surface area contributed by atoms with Crippen LogP contribution < -0.4 is 15.5 Å². The fourth-order valence-corrected chi connectivity index (χ4v) is 8.01. The Hall–Kier alpha value is -6.31. The first-order valence-electron chi connectivity index (χ1n) is 23.9. The zero-order valence-corrected chi connectivity index (χ0v) is 38.9. The van der Waals surface area contributed by atoms with E-state index < -0.39 is 6.04 Å². The second-order valence-electron chi connectivity index (χ2n) is 16.9. The minimum Gasteiger partial charge on any atom is -0.466 e. The number of ketones is 3. The standard InChI is InChI=1S/C52H66N6O8/c1-4-40(59)21-12-16-27-48(63)57-36-38-20-11-13-22-42(38)50-51(43-23-14-15-25-45(43)57)58(56-55-50)34-18-17-24-44(54-52(65)37-28-30-39(31-29-37)53-47(62)6-3)46(61)26-10-8-7-9-19-35-66-49(64)33-32-41(60)5-2/h11,13-15,20,22-23,25,28-31,44H,4-10,12,16-19,21,24,26-27,32-36H2,1-3H3,(H,53,62)(H,54,65). The quantitative estimate of drug-likeness (QED) is 0.0411. The first kappa shape index (κ1) is 50.7. The molecule has 352 valence electrons. The third-order valence-corrected chi connectivity index (χ3v) is 12.0. The molecule has 66 heavy (non-hydrogen) atoms. The van der Waals surface area contributed by atoms with Crippen LogP contribution in [0.15, 0.2) is 72.8 Å². The Labute approximate surface area is 388 Å². The molecule has 2 N–H and O–H groups in total. The van der Waals surface area contributed by atoms with Crippen LogP contribution in [0.5, 0.6) is 0 Å². The van der Waals surface area contributed by atoms with Crippen molar-refractivity contribution in [1.29, 1.82) is 0 Å². The molecule has 2 heterocycles. The molecule has 0 bridgehead atoms. The lowest BCUT2D eigenvalue weighted by atomic mass is 9.95. The zero-order valence-electron chi connectivity index (χ0n) is 38.9. The number of Topliss-reactive ketones (excluding diaryl/α,β-unsaturated/α-hetero) is 3. The lowest BCUT2D eigenvalue weighted by Crippen LogP contribution is -2.40. The first-order chi connectivity index (χ1) is 32.0. The summed E-state index contributed by atoms with van der Waals surface area (Å²) in [5.74, 6) is -0.698. The van der Waals surface area contributed by atoms with Gasteiger partial charge in [0.15, 0.2) is 5.78 Å². The number of nitrogens with zero attached hydrogens (tertiary/aromatic N) is 4. The van der Waals surface area contributed by atoms with Crippen LogP contribution in [0.4, 0.5) is 11.4 Å². The number of fused-ring (bicyclic) bond motifs is 5. The molecule has 14 nitrogen and oxygen atoms in total. The highest BCUT2D eigenvalue weighted by Gasteiger charge is 2.29. The molecule has 14 heteroatoms. The van der Waals surface area contributed by atoms with Gasteiger partial charge in [0.2, 0.25) is 11.8 Å². The third kappa shape index (κ3) is 15.1. The Balaban J connectivity index is 1.24. The van der Waals surface area contributed by atoms with Crippen LogP contribution in [0, 0.1) is 0 Å². The lowest BCUT2D eigenvalue weighted by Gasteiger charge is -2.29. The highest BCUT2D eigenvalue weighted by Crippen LogP contribution is 2.41. The molecule has 0 saturated carbocycles. The number of rotatable bonds is 28. The van der Waals surface area contributed by atoms with Crippen molar-refractivity contribution < 1.29 is 38.3 Å². The van der Waals surface area contributed by atoms with Gasteiger partial charge in [-0.05, 0) is 80.8 Å². The molecule has 1 aromatic heterocycles. The number of anilines is 2. The summed E-state index contributed by atoms with van der Waals surface area (Å²) in [6, 6.07) is 21.6. The van der Waals surface area contributed by atoms with Crippen LogP contribution in [0.1, 0.15) is 152 Å². The Morgan fingerprint density at radius 2 is 1.33 bits per heavy atom. The van der Waals surface area contributed by atoms with Crippen molar-refractivity contribution in [3.8, 4) is 22.5 Å². The molecule has 1 aliphatic heterocycles. The van der Waals surface area contributed by atoms with Crippen LogP contribution in [-0.4, -0.2) is 68.7 Å². The third-order valence-electron chi connectivity index (χ3n) is 12.0. The maximum atomic E-state index is 14.0. The van der Waals surface area contributed by atoms with Gasteiger partial charge in [0.1, 0.15) is 17.3 Å². The predicted molar refractivity (Wildman–Crippen MR) is 255 cm³/mol. The van der Waals surface area contributed by atoms with Gasteiger partial charge < -0.3 is 20.3 Å². The van der Waals surface area contributed by atoms with Gasteiger partial charge in [-0.1, -0.05) is 87.7 Å². The number of hydrogen-bond acceptors (Lipinski definition) is 10. The minimum atomic E-state index is -0.723. The monoisotopic (exact) mass is 902 g/mol. The number of aromatic nitrogens is 3. The van der Waals surface area contributed by atoms with E-state index in [4.69, 9.17) is 9.84 Å². The zero-order chi connectivity index (χ0) is 47.3. The summed E-state index contributed by atoms with van der Waals surface area (Å²) in [7, 11) is 0. The van der Waals surface area contributed by atoms with E-state index in [1.54, 1.807) is 38.1 Å². The van der Waals surface area contributed by atoms with E-state index in [-0.39, 0.29) is 53.9 Å². The van der Waals surface area contributed by atoms with Crippen LogP contribution >= 0.6 is 0 Å². The molecule has 0 fully saturated rings. The number of benzene rings is 3. The summed E-state index contributed by atoms with van der Waals surface area (Å²) in [6.45, 7) is 6.54. The maximum Gasteiger partial charge on any atom is 0.306 e. The van der Waals surface area contributed by atoms with Gasteiger partial charge in [0, 0.05) is 73.9 Å². The van der Waals surface area contributed by atoms with Gasteiger partial charge in [-0.3, -0.25) is 33.6 Å². The Bertz CT molecular complexity index is 2290. The molecule has 3 amide bonds. The normalized spacial score (nSPS) is 12.1. The predicted octanol–water partition coefficient (Wildman–Crippen LogP) is 9.53. The van der Waals surface area contributed by atoms with Crippen LogP contribution in [0.2, 0.25) is 0 Å². The summed E-state index contributed by atoms with van der Waals surface area (Å²) >= 11 is 0. The first-order valence-corrected chi connectivity index (χ1v) is 23.9. The molecule has 4 aromatic rings. The number of hydrogen-bond donors (Lipinski definition) is 2. The van der Waals surface area contributed by atoms with E-state index >= 15 is 0 Å². The number of carbonyl (C=O) groups is 7. The average Bonchev–Trinajstić information content (AvgIpc) is 3.75. The Kier molecular flexibility index (Phi) is 20.4. The van der Waals surface area contributed by atoms with Gasteiger partial charge >= 0.3 is 5.97 Å². The van der Waals surface area contributed by atoms with Crippen LogP contribution in [0.3, 0.4) is 0 Å². The number of nitrogens with one attached hydrogen (secondary N) is 2.